The highest BCUT2D eigenvalue weighted by Gasteiger charge is 2.29. The third kappa shape index (κ3) is 8.77. The van der Waals surface area contributed by atoms with E-state index in [1.807, 2.05) is 0 Å². The Labute approximate surface area is 91.2 Å². The van der Waals surface area contributed by atoms with Crippen LogP contribution in [0.2, 0.25) is 0 Å². The van der Waals surface area contributed by atoms with E-state index < -0.39 is 39.3 Å². The summed E-state index contributed by atoms with van der Waals surface area (Å²) in [6.45, 7) is -0.760. The quantitative estimate of drug-likeness (QED) is 0.193. The van der Waals surface area contributed by atoms with Gasteiger partial charge >= 0.3 is 8.25 Å². The van der Waals surface area contributed by atoms with Crippen LogP contribution in [0.4, 0.5) is 0 Å². The Morgan fingerprint density at radius 2 is 1.44 bits per heavy atom. The van der Waals surface area contributed by atoms with Gasteiger partial charge in [0.2, 0.25) is 0 Å². The molecule has 96 valence electrons. The molecule has 0 aliphatic heterocycles. The van der Waals surface area contributed by atoms with E-state index in [0.717, 1.165) is 0 Å². The molecule has 0 bridgehead atoms. The Morgan fingerprint density at radius 1 is 1.06 bits per heavy atom. The van der Waals surface area contributed by atoms with Gasteiger partial charge in [0, 0.05) is 4.57 Å². The Kier molecular flexibility index (Phi) is 10.8. The summed E-state index contributed by atoms with van der Waals surface area (Å²) in [6, 6.07) is 0. The number of aldehydes is 1. The van der Waals surface area contributed by atoms with E-state index in [2.05, 4.69) is 0 Å². The summed E-state index contributed by atoms with van der Waals surface area (Å²) in [4.78, 5) is 24.1. The molecule has 16 heavy (non-hydrogen) atoms. The van der Waals surface area contributed by atoms with Crippen LogP contribution in [-0.2, 0) is 9.36 Å². The summed E-state index contributed by atoms with van der Waals surface area (Å²) in [7, 11) is -2.87. The summed E-state index contributed by atoms with van der Waals surface area (Å²) >= 11 is 0. The molecular weight excluding hydrogens is 247 g/mol. The van der Waals surface area contributed by atoms with Gasteiger partial charge in [-0.15, -0.1) is 9.79 Å². The second-order valence-electron chi connectivity index (χ2n) is 2.61. The molecule has 0 aromatic heterocycles. The molecule has 0 radical (unpaired) electrons. The van der Waals surface area contributed by atoms with E-state index in [4.69, 9.17) is 39.9 Å². The van der Waals surface area contributed by atoms with Crippen molar-refractivity contribution in [2.45, 2.75) is 24.4 Å². The number of aliphatic hydroxyl groups excluding tert-OH is 5. The first kappa shape index (κ1) is 17.9. The van der Waals surface area contributed by atoms with Crippen LogP contribution in [0.25, 0.3) is 0 Å². The van der Waals surface area contributed by atoms with Crippen molar-refractivity contribution in [3.63, 3.8) is 0 Å². The zero-order valence-corrected chi connectivity index (χ0v) is 8.88. The van der Waals surface area contributed by atoms with Gasteiger partial charge in [-0.25, -0.2) is 0 Å². The molecule has 10 heteroatoms. The number of hydrogen-bond acceptors (Lipinski definition) is 7. The smallest absolute Gasteiger partial charge is 0.394 e. The van der Waals surface area contributed by atoms with E-state index in [1.54, 1.807) is 0 Å². The lowest BCUT2D eigenvalue weighted by molar-refractivity contribution is -0.136. The Hall–Kier alpha value is -0.510. The lowest BCUT2D eigenvalue weighted by Crippen LogP contribution is -2.46. The number of carbonyl (C=O) groups excluding carboxylic acids is 1. The fraction of sp³-hybridized carbons (Fsp3) is 0.833. The molecule has 0 saturated heterocycles. The molecule has 0 fully saturated rings. The molecule has 0 aliphatic rings. The molecule has 0 aromatic rings. The van der Waals surface area contributed by atoms with E-state index in [0.29, 0.717) is 0 Å². The van der Waals surface area contributed by atoms with Crippen LogP contribution in [0.5, 0.6) is 0 Å². The molecule has 4 atom stereocenters. The van der Waals surface area contributed by atoms with E-state index >= 15 is 0 Å². The van der Waals surface area contributed by atoms with Crippen molar-refractivity contribution in [3.05, 3.63) is 0 Å². The van der Waals surface area contributed by atoms with Gasteiger partial charge in [0.25, 0.3) is 0 Å². The molecule has 0 rings (SSSR count). The zero-order chi connectivity index (χ0) is 13.3. The fourth-order valence-electron chi connectivity index (χ4n) is 0.618. The summed E-state index contributed by atoms with van der Waals surface area (Å²) in [5, 5.41) is 43.5. The molecule has 9 nitrogen and oxygen atoms in total. The van der Waals surface area contributed by atoms with Crippen molar-refractivity contribution in [1.82, 2.24) is 0 Å². The average molecular weight is 261 g/mol. The van der Waals surface area contributed by atoms with Crippen LogP contribution in [-0.4, -0.2) is 72.6 Å². The first-order chi connectivity index (χ1) is 7.27. The largest absolute Gasteiger partial charge is 0.692 e. The monoisotopic (exact) mass is 261 g/mol. The highest BCUT2D eigenvalue weighted by atomic mass is 31.1. The van der Waals surface area contributed by atoms with Crippen LogP contribution >= 0.6 is 8.25 Å². The van der Waals surface area contributed by atoms with E-state index in [9.17, 15) is 4.79 Å². The van der Waals surface area contributed by atoms with E-state index in [-0.39, 0.29) is 6.29 Å². The maximum Gasteiger partial charge on any atom is 0.692 e. The van der Waals surface area contributed by atoms with Crippen LogP contribution in [0, 0.1) is 0 Å². The van der Waals surface area contributed by atoms with Gasteiger partial charge in [-0.1, -0.05) is 0 Å². The number of hydrogen-bond donors (Lipinski definition) is 7. The van der Waals surface area contributed by atoms with Crippen molar-refractivity contribution in [3.8, 4) is 0 Å². The van der Waals surface area contributed by atoms with Crippen molar-refractivity contribution >= 4 is 14.5 Å². The van der Waals surface area contributed by atoms with Crippen LogP contribution < -0.4 is 0 Å². The lowest BCUT2D eigenvalue weighted by atomic mass is 10.0. The van der Waals surface area contributed by atoms with Crippen molar-refractivity contribution < 1.29 is 44.7 Å². The molecule has 0 saturated carbocycles. The second kappa shape index (κ2) is 9.70. The summed E-state index contributed by atoms with van der Waals surface area (Å²) in [6.07, 6.45) is -6.84. The molecule has 7 N–H and O–H groups in total. The maximum absolute atomic E-state index is 9.90. The van der Waals surface area contributed by atoms with Crippen LogP contribution in [0.3, 0.4) is 0 Å². The molecule has 0 aromatic carbocycles. The third-order valence-corrected chi connectivity index (χ3v) is 1.42. The van der Waals surface area contributed by atoms with Gasteiger partial charge < -0.3 is 30.3 Å². The molecule has 4 unspecified atom stereocenters. The number of aliphatic hydroxyl groups is 5. The van der Waals surface area contributed by atoms with Gasteiger partial charge in [-0.2, -0.15) is 0 Å². The van der Waals surface area contributed by atoms with Gasteiger partial charge in [-0.3, -0.25) is 0 Å². The van der Waals surface area contributed by atoms with Crippen molar-refractivity contribution in [2.75, 3.05) is 6.61 Å². The molecule has 0 heterocycles. The normalized spacial score (nSPS) is 17.4. The number of rotatable bonds is 5. The van der Waals surface area contributed by atoms with E-state index in [1.165, 1.54) is 0 Å². The predicted molar refractivity (Wildman–Crippen MR) is 49.2 cm³/mol. The minimum absolute atomic E-state index is 0.0258. The Bertz CT molecular complexity index is 206. The minimum atomic E-state index is -2.87. The van der Waals surface area contributed by atoms with Crippen molar-refractivity contribution in [2.24, 2.45) is 0 Å². The average Bonchev–Trinajstić information content (AvgIpc) is 2.24. The third-order valence-electron chi connectivity index (χ3n) is 1.42. The zero-order valence-electron chi connectivity index (χ0n) is 7.99. The summed E-state index contributed by atoms with van der Waals surface area (Å²) < 4.78 is 8.70. The second-order valence-corrected chi connectivity index (χ2v) is 3.12. The first-order valence-electron chi connectivity index (χ1n) is 3.91. The van der Waals surface area contributed by atoms with Gasteiger partial charge in [0.1, 0.15) is 24.4 Å². The lowest BCUT2D eigenvalue weighted by Gasteiger charge is -2.22. The maximum atomic E-state index is 9.90. The van der Waals surface area contributed by atoms with Gasteiger partial charge in [0.15, 0.2) is 6.29 Å². The van der Waals surface area contributed by atoms with Crippen LogP contribution in [0.1, 0.15) is 0 Å². The van der Waals surface area contributed by atoms with Gasteiger partial charge in [-0.05, 0) is 0 Å². The first-order valence-corrected chi connectivity index (χ1v) is 5.07. The molecule has 0 aliphatic carbocycles. The van der Waals surface area contributed by atoms with Crippen molar-refractivity contribution in [1.29, 1.82) is 0 Å². The molecular formula is C6H14O9P+. The minimum Gasteiger partial charge on any atom is -0.394 e. The SMILES string of the molecule is O=CC(O)C(O)C(O)C(O)CO.O=[P+](O)O. The summed E-state index contributed by atoms with van der Waals surface area (Å²) in [5.41, 5.74) is 0. The van der Waals surface area contributed by atoms with Crippen LogP contribution in [0.15, 0.2) is 0 Å². The van der Waals surface area contributed by atoms with Gasteiger partial charge in [0.05, 0.1) is 6.61 Å². The Morgan fingerprint density at radius 3 is 1.69 bits per heavy atom. The molecule has 0 spiro atoms. The standard InChI is InChI=1S/C6H12O6.HO3P/c7-1-3(9)5(11)6(12)4(10)2-8;1-4(2)3/h1,3-6,8-12H,2H2;(H-,1,2,3)/p+1. The fourth-order valence-corrected chi connectivity index (χ4v) is 0.618. The summed E-state index contributed by atoms with van der Waals surface area (Å²) in [5.74, 6) is 0. The molecule has 0 amide bonds. The Balaban J connectivity index is 0. The topological polar surface area (TPSA) is 176 Å². The highest BCUT2D eigenvalue weighted by molar-refractivity contribution is 7.30. The highest BCUT2D eigenvalue weighted by Crippen LogP contribution is 2.02. The predicted octanol–water partition coefficient (Wildman–Crippen LogP) is -3.75. The number of carbonyl (C=O) groups is 1.